The van der Waals surface area contributed by atoms with Crippen molar-refractivity contribution >= 4 is 50.2 Å². The number of piperidine rings is 1. The highest BCUT2D eigenvalue weighted by molar-refractivity contribution is 9.10. The number of likely N-dealkylation sites (tertiary alicyclic amines) is 1. The van der Waals surface area contributed by atoms with Crippen LogP contribution in [-0.2, 0) is 16.1 Å². The fourth-order valence-electron chi connectivity index (χ4n) is 4.91. The van der Waals surface area contributed by atoms with Gasteiger partial charge in [0.05, 0.1) is 5.52 Å². The molecule has 1 aromatic carbocycles. The minimum absolute atomic E-state index is 0.0294. The number of aryl methyl sites for hydroxylation is 1. The van der Waals surface area contributed by atoms with E-state index in [-0.39, 0.29) is 35.6 Å². The van der Waals surface area contributed by atoms with E-state index in [4.69, 9.17) is 0 Å². The molecule has 2 aromatic heterocycles. The lowest BCUT2D eigenvalue weighted by atomic mass is 10.0. The molecule has 0 unspecified atom stereocenters. The van der Waals surface area contributed by atoms with Crippen LogP contribution < -0.4 is 5.32 Å². The summed E-state index contributed by atoms with van der Waals surface area (Å²) < 4.78 is 2.20. The number of benzene rings is 1. The standard InChI is InChI=1S/C24H24BrN5O3/c1-13-8-9-19(25)26-22(13)27-23(33)17-10-24(3)11-18(24)30(17)20(32)12-29-16-7-5-4-6-15(16)21(28-29)14(2)31/h4-9,17-18H,10-12H2,1-3H3,(H,26,27,33)/t17-,18+,24-/m0/s1. The van der Waals surface area contributed by atoms with Gasteiger partial charge in [0.2, 0.25) is 11.8 Å². The maximum absolute atomic E-state index is 13.5. The lowest BCUT2D eigenvalue weighted by molar-refractivity contribution is -0.138. The Morgan fingerprint density at radius 3 is 2.70 bits per heavy atom. The Morgan fingerprint density at radius 2 is 1.94 bits per heavy atom. The molecule has 1 saturated carbocycles. The number of hydrogen-bond donors (Lipinski definition) is 1. The molecule has 0 radical (unpaired) electrons. The molecule has 9 heteroatoms. The van der Waals surface area contributed by atoms with Gasteiger partial charge in [-0.15, -0.1) is 0 Å². The third-order valence-electron chi connectivity index (χ3n) is 6.81. The van der Waals surface area contributed by atoms with Gasteiger partial charge in [-0.05, 0) is 58.8 Å². The first kappa shape index (κ1) is 21.8. The van der Waals surface area contributed by atoms with E-state index < -0.39 is 6.04 Å². The van der Waals surface area contributed by atoms with Crippen molar-refractivity contribution in [3.05, 3.63) is 52.3 Å². The number of hydrogen-bond acceptors (Lipinski definition) is 5. The van der Waals surface area contributed by atoms with Crippen LogP contribution in [0.1, 0.15) is 42.7 Å². The van der Waals surface area contributed by atoms with Gasteiger partial charge in [0.25, 0.3) is 0 Å². The monoisotopic (exact) mass is 509 g/mol. The van der Waals surface area contributed by atoms with Crippen molar-refractivity contribution in [2.45, 2.75) is 52.2 Å². The highest BCUT2D eigenvalue weighted by Gasteiger charge is 2.64. The highest BCUT2D eigenvalue weighted by atomic mass is 79.9. The number of amides is 2. The number of para-hydroxylation sites is 1. The number of nitrogens with one attached hydrogen (secondary N) is 1. The predicted octanol–water partition coefficient (Wildman–Crippen LogP) is 3.72. The molecule has 3 heterocycles. The summed E-state index contributed by atoms with van der Waals surface area (Å²) in [5.74, 6) is -0.0805. The van der Waals surface area contributed by atoms with Crippen molar-refractivity contribution in [1.29, 1.82) is 0 Å². The van der Waals surface area contributed by atoms with Crippen molar-refractivity contribution in [2.75, 3.05) is 5.32 Å². The van der Waals surface area contributed by atoms with Gasteiger partial charge >= 0.3 is 0 Å². The number of ketones is 1. The second-order valence-corrected chi connectivity index (χ2v) is 10.1. The third kappa shape index (κ3) is 3.74. The molecular weight excluding hydrogens is 486 g/mol. The highest BCUT2D eigenvalue weighted by Crippen LogP contribution is 2.59. The van der Waals surface area contributed by atoms with Gasteiger partial charge in [-0.3, -0.25) is 19.1 Å². The first-order valence-corrected chi connectivity index (χ1v) is 11.7. The topological polar surface area (TPSA) is 97.2 Å². The summed E-state index contributed by atoms with van der Waals surface area (Å²) in [5, 5.41) is 8.05. The molecule has 33 heavy (non-hydrogen) atoms. The maximum Gasteiger partial charge on any atom is 0.248 e. The van der Waals surface area contributed by atoms with Gasteiger partial charge in [-0.2, -0.15) is 5.10 Å². The Balaban J connectivity index is 1.41. The number of carbonyl (C=O) groups is 3. The molecule has 8 nitrogen and oxygen atoms in total. The number of halogens is 1. The Labute approximate surface area is 199 Å². The summed E-state index contributed by atoms with van der Waals surface area (Å²) >= 11 is 3.34. The summed E-state index contributed by atoms with van der Waals surface area (Å²) in [6, 6.07) is 10.5. The zero-order valence-electron chi connectivity index (χ0n) is 18.6. The average Bonchev–Trinajstić information content (AvgIpc) is 3.13. The molecule has 0 bridgehead atoms. The van der Waals surface area contributed by atoms with Crippen molar-refractivity contribution in [3.63, 3.8) is 0 Å². The van der Waals surface area contributed by atoms with Crippen molar-refractivity contribution in [1.82, 2.24) is 19.7 Å². The Bertz CT molecular complexity index is 1320. The van der Waals surface area contributed by atoms with Gasteiger partial charge in [0.15, 0.2) is 5.78 Å². The number of anilines is 1. The largest absolute Gasteiger partial charge is 0.325 e. The fraction of sp³-hybridized carbons (Fsp3) is 0.375. The molecule has 2 amide bonds. The Hall–Kier alpha value is -3.07. The molecule has 170 valence electrons. The second-order valence-electron chi connectivity index (χ2n) is 9.26. The fourth-order valence-corrected chi connectivity index (χ4v) is 5.22. The van der Waals surface area contributed by atoms with Crippen LogP contribution in [-0.4, -0.2) is 49.3 Å². The van der Waals surface area contributed by atoms with E-state index in [2.05, 4.69) is 38.3 Å². The van der Waals surface area contributed by atoms with Crippen LogP contribution in [0.5, 0.6) is 0 Å². The lowest BCUT2D eigenvalue weighted by Crippen LogP contribution is -2.47. The number of carbonyl (C=O) groups excluding carboxylic acids is 3. The number of rotatable bonds is 5. The smallest absolute Gasteiger partial charge is 0.248 e. The summed E-state index contributed by atoms with van der Waals surface area (Å²) in [5.41, 5.74) is 1.87. The first-order valence-electron chi connectivity index (χ1n) is 10.9. The summed E-state index contributed by atoms with van der Waals surface area (Å²) in [7, 11) is 0. The molecule has 3 aromatic rings. The molecule has 1 N–H and O–H groups in total. The summed E-state index contributed by atoms with van der Waals surface area (Å²) in [6.45, 7) is 5.43. The molecule has 1 aliphatic carbocycles. The number of aromatic nitrogens is 3. The van der Waals surface area contributed by atoms with Crippen molar-refractivity contribution in [2.24, 2.45) is 5.41 Å². The van der Waals surface area contributed by atoms with E-state index in [0.29, 0.717) is 22.5 Å². The minimum atomic E-state index is -0.574. The predicted molar refractivity (Wildman–Crippen MR) is 127 cm³/mol. The second kappa shape index (κ2) is 7.76. The van der Waals surface area contributed by atoms with Gasteiger partial charge in [0, 0.05) is 18.4 Å². The zero-order chi connectivity index (χ0) is 23.5. The van der Waals surface area contributed by atoms with E-state index in [1.165, 1.54) is 6.92 Å². The third-order valence-corrected chi connectivity index (χ3v) is 7.25. The quantitative estimate of drug-likeness (QED) is 0.417. The number of fused-ring (bicyclic) bond motifs is 2. The molecule has 0 spiro atoms. The molecule has 5 rings (SSSR count). The van der Waals surface area contributed by atoms with Crippen LogP contribution in [0.2, 0.25) is 0 Å². The van der Waals surface area contributed by atoms with Crippen molar-refractivity contribution < 1.29 is 14.4 Å². The first-order chi connectivity index (χ1) is 15.7. The lowest BCUT2D eigenvalue weighted by Gasteiger charge is -2.27. The molecule has 3 atom stereocenters. The van der Waals surface area contributed by atoms with Crippen LogP contribution in [0.25, 0.3) is 10.9 Å². The van der Waals surface area contributed by atoms with Crippen molar-refractivity contribution in [3.8, 4) is 0 Å². The SMILES string of the molecule is CC(=O)c1nn(CC(=O)N2[C@H](C(=O)Nc3nc(Br)ccc3C)C[C@@]3(C)C[C@@H]23)c2ccccc12. The zero-order valence-corrected chi connectivity index (χ0v) is 20.2. The molecular formula is C24H24BrN5O3. The van der Waals surface area contributed by atoms with E-state index >= 15 is 0 Å². The van der Waals surface area contributed by atoms with Crippen LogP contribution in [0.15, 0.2) is 41.0 Å². The number of Topliss-reactive ketones (excluding diaryl/α,β-unsaturated/α-hetero) is 1. The minimum Gasteiger partial charge on any atom is -0.325 e. The Morgan fingerprint density at radius 1 is 1.18 bits per heavy atom. The Kier molecular flexibility index (Phi) is 5.12. The normalized spacial score (nSPS) is 23.5. The number of pyridine rings is 1. The van der Waals surface area contributed by atoms with Crippen LogP contribution in [0.4, 0.5) is 5.82 Å². The van der Waals surface area contributed by atoms with Gasteiger partial charge in [-0.25, -0.2) is 4.98 Å². The average molecular weight is 510 g/mol. The van der Waals surface area contributed by atoms with Gasteiger partial charge in [-0.1, -0.05) is 31.2 Å². The number of nitrogens with zero attached hydrogens (tertiary/aromatic N) is 4. The van der Waals surface area contributed by atoms with Crippen LogP contribution in [0, 0.1) is 12.3 Å². The molecule has 2 fully saturated rings. The molecule has 1 aliphatic heterocycles. The maximum atomic E-state index is 13.5. The van der Waals surface area contributed by atoms with Gasteiger partial charge in [0.1, 0.15) is 28.7 Å². The van der Waals surface area contributed by atoms with E-state index in [1.54, 1.807) is 9.58 Å². The van der Waals surface area contributed by atoms with Crippen LogP contribution >= 0.6 is 15.9 Å². The molecule has 1 saturated heterocycles. The van der Waals surface area contributed by atoms with Gasteiger partial charge < -0.3 is 10.2 Å². The molecule has 2 aliphatic rings. The summed E-state index contributed by atoms with van der Waals surface area (Å²) in [6.07, 6.45) is 1.50. The van der Waals surface area contributed by atoms with E-state index in [1.807, 2.05) is 43.3 Å². The van der Waals surface area contributed by atoms with Crippen LogP contribution in [0.3, 0.4) is 0 Å². The van der Waals surface area contributed by atoms with E-state index in [9.17, 15) is 14.4 Å². The summed E-state index contributed by atoms with van der Waals surface area (Å²) in [4.78, 5) is 44.8. The van der Waals surface area contributed by atoms with E-state index in [0.717, 1.165) is 22.9 Å².